The number of pyridine rings is 1. The molecule has 1 aromatic carbocycles. The SMILES string of the molecule is Cc1cc(C)c(C#N)c(N(C)C(C)c2cccc(N)c2)n1. The monoisotopic (exact) mass is 280 g/mol. The van der Waals surface area contributed by atoms with Crippen LogP contribution >= 0.6 is 0 Å². The van der Waals surface area contributed by atoms with Gasteiger partial charge in [-0.2, -0.15) is 5.26 Å². The average molecular weight is 280 g/mol. The number of nitrogen functional groups attached to an aromatic ring is 1. The topological polar surface area (TPSA) is 65.9 Å². The summed E-state index contributed by atoms with van der Waals surface area (Å²) in [5.74, 6) is 0.713. The summed E-state index contributed by atoms with van der Waals surface area (Å²) in [6.07, 6.45) is 0. The Kier molecular flexibility index (Phi) is 4.13. The summed E-state index contributed by atoms with van der Waals surface area (Å²) in [5.41, 5.74) is 10.2. The second kappa shape index (κ2) is 5.84. The van der Waals surface area contributed by atoms with Gasteiger partial charge in [0.1, 0.15) is 11.9 Å². The molecule has 108 valence electrons. The fraction of sp³-hybridized carbons (Fsp3) is 0.294. The lowest BCUT2D eigenvalue weighted by atomic mass is 10.0. The Balaban J connectivity index is 2.45. The third kappa shape index (κ3) is 2.97. The smallest absolute Gasteiger partial charge is 0.147 e. The molecular formula is C17H20N4. The van der Waals surface area contributed by atoms with E-state index in [-0.39, 0.29) is 6.04 Å². The molecule has 0 saturated carbocycles. The molecule has 2 N–H and O–H groups in total. The normalized spacial score (nSPS) is 11.8. The molecule has 0 spiro atoms. The van der Waals surface area contributed by atoms with Crippen LogP contribution in [-0.4, -0.2) is 12.0 Å². The largest absolute Gasteiger partial charge is 0.399 e. The van der Waals surface area contributed by atoms with E-state index in [2.05, 4.69) is 18.0 Å². The van der Waals surface area contributed by atoms with E-state index in [9.17, 15) is 5.26 Å². The van der Waals surface area contributed by atoms with Gasteiger partial charge in [0, 0.05) is 18.4 Å². The maximum Gasteiger partial charge on any atom is 0.147 e. The highest BCUT2D eigenvalue weighted by Crippen LogP contribution is 2.29. The van der Waals surface area contributed by atoms with Crippen LogP contribution in [0.5, 0.6) is 0 Å². The lowest BCUT2D eigenvalue weighted by Gasteiger charge is -2.28. The van der Waals surface area contributed by atoms with Crippen molar-refractivity contribution in [1.82, 2.24) is 4.98 Å². The number of rotatable bonds is 3. The molecule has 21 heavy (non-hydrogen) atoms. The quantitative estimate of drug-likeness (QED) is 0.876. The van der Waals surface area contributed by atoms with Crippen LogP contribution in [0, 0.1) is 25.2 Å². The molecule has 4 nitrogen and oxygen atoms in total. The van der Waals surface area contributed by atoms with Gasteiger partial charge in [0.25, 0.3) is 0 Å². The number of nitrogens with zero attached hydrogens (tertiary/aromatic N) is 3. The van der Waals surface area contributed by atoms with Crippen molar-refractivity contribution in [3.8, 4) is 6.07 Å². The Morgan fingerprint density at radius 1 is 1.29 bits per heavy atom. The summed E-state index contributed by atoms with van der Waals surface area (Å²) >= 11 is 0. The number of anilines is 2. The van der Waals surface area contributed by atoms with E-state index in [1.807, 2.05) is 56.1 Å². The van der Waals surface area contributed by atoms with Crippen LogP contribution in [0.15, 0.2) is 30.3 Å². The van der Waals surface area contributed by atoms with Gasteiger partial charge >= 0.3 is 0 Å². The molecule has 0 aliphatic heterocycles. The van der Waals surface area contributed by atoms with E-state index in [0.717, 1.165) is 22.5 Å². The highest BCUT2D eigenvalue weighted by molar-refractivity contribution is 5.59. The summed E-state index contributed by atoms with van der Waals surface area (Å²) in [7, 11) is 1.95. The Morgan fingerprint density at radius 3 is 2.62 bits per heavy atom. The summed E-state index contributed by atoms with van der Waals surface area (Å²) in [4.78, 5) is 6.57. The molecule has 0 fully saturated rings. The minimum atomic E-state index is 0.0781. The summed E-state index contributed by atoms with van der Waals surface area (Å²) in [6, 6.07) is 12.1. The number of hydrogen-bond donors (Lipinski definition) is 1. The van der Waals surface area contributed by atoms with Gasteiger partial charge in [-0.15, -0.1) is 0 Å². The van der Waals surface area contributed by atoms with Crippen LogP contribution in [-0.2, 0) is 0 Å². The van der Waals surface area contributed by atoms with E-state index in [1.54, 1.807) is 0 Å². The lowest BCUT2D eigenvalue weighted by molar-refractivity contribution is 0.726. The Morgan fingerprint density at radius 2 is 2.00 bits per heavy atom. The number of nitrogens with two attached hydrogens (primary N) is 1. The first-order valence-electron chi connectivity index (χ1n) is 6.90. The molecule has 0 amide bonds. The van der Waals surface area contributed by atoms with Crippen LogP contribution in [0.1, 0.15) is 35.3 Å². The number of aromatic nitrogens is 1. The Hall–Kier alpha value is -2.54. The summed E-state index contributed by atoms with van der Waals surface area (Å²) < 4.78 is 0. The molecule has 1 atom stereocenters. The Labute approximate surface area is 125 Å². The minimum Gasteiger partial charge on any atom is -0.399 e. The second-order valence-electron chi connectivity index (χ2n) is 5.35. The zero-order valence-corrected chi connectivity index (χ0v) is 12.9. The maximum absolute atomic E-state index is 9.40. The third-order valence-corrected chi connectivity index (χ3v) is 3.75. The highest BCUT2D eigenvalue weighted by atomic mass is 15.2. The molecule has 2 aromatic rings. The van der Waals surface area contributed by atoms with Crippen molar-refractivity contribution in [2.24, 2.45) is 0 Å². The molecule has 0 aliphatic carbocycles. The molecular weight excluding hydrogens is 260 g/mol. The van der Waals surface area contributed by atoms with Crippen LogP contribution in [0.2, 0.25) is 0 Å². The van der Waals surface area contributed by atoms with E-state index >= 15 is 0 Å². The van der Waals surface area contributed by atoms with Crippen molar-refractivity contribution in [3.05, 3.63) is 52.7 Å². The fourth-order valence-electron chi connectivity index (χ4n) is 2.44. The number of aryl methyl sites for hydroxylation is 2. The van der Waals surface area contributed by atoms with Crippen molar-refractivity contribution in [1.29, 1.82) is 5.26 Å². The average Bonchev–Trinajstić information content (AvgIpc) is 2.45. The van der Waals surface area contributed by atoms with E-state index in [1.165, 1.54) is 0 Å². The first-order valence-corrected chi connectivity index (χ1v) is 6.90. The highest BCUT2D eigenvalue weighted by Gasteiger charge is 2.18. The summed E-state index contributed by atoms with van der Waals surface area (Å²) in [5, 5.41) is 9.40. The number of benzene rings is 1. The van der Waals surface area contributed by atoms with Crippen LogP contribution in [0.3, 0.4) is 0 Å². The van der Waals surface area contributed by atoms with Crippen molar-refractivity contribution in [3.63, 3.8) is 0 Å². The first-order chi connectivity index (χ1) is 9.93. The van der Waals surface area contributed by atoms with Crippen LogP contribution in [0.25, 0.3) is 0 Å². The van der Waals surface area contributed by atoms with Gasteiger partial charge in [-0.3, -0.25) is 0 Å². The second-order valence-corrected chi connectivity index (χ2v) is 5.35. The van der Waals surface area contributed by atoms with E-state index < -0.39 is 0 Å². The van der Waals surface area contributed by atoms with Crippen molar-refractivity contribution in [2.45, 2.75) is 26.8 Å². The molecule has 2 rings (SSSR count). The third-order valence-electron chi connectivity index (χ3n) is 3.75. The van der Waals surface area contributed by atoms with E-state index in [4.69, 9.17) is 5.73 Å². The van der Waals surface area contributed by atoms with Gasteiger partial charge in [-0.05, 0) is 50.1 Å². The first kappa shape index (κ1) is 14.9. The van der Waals surface area contributed by atoms with Gasteiger partial charge in [0.15, 0.2) is 0 Å². The molecule has 1 heterocycles. The van der Waals surface area contributed by atoms with Crippen molar-refractivity contribution < 1.29 is 0 Å². The molecule has 1 unspecified atom stereocenters. The van der Waals surface area contributed by atoms with Crippen LogP contribution in [0.4, 0.5) is 11.5 Å². The van der Waals surface area contributed by atoms with Crippen LogP contribution < -0.4 is 10.6 Å². The van der Waals surface area contributed by atoms with Gasteiger partial charge in [0.05, 0.1) is 11.6 Å². The van der Waals surface area contributed by atoms with E-state index in [0.29, 0.717) is 11.4 Å². The molecule has 0 aliphatic rings. The minimum absolute atomic E-state index is 0.0781. The maximum atomic E-state index is 9.40. The predicted molar refractivity (Wildman–Crippen MR) is 86.1 cm³/mol. The molecule has 4 heteroatoms. The number of nitriles is 1. The molecule has 0 radical (unpaired) electrons. The lowest BCUT2D eigenvalue weighted by Crippen LogP contribution is -2.24. The van der Waals surface area contributed by atoms with Crippen molar-refractivity contribution in [2.75, 3.05) is 17.7 Å². The molecule has 1 aromatic heterocycles. The van der Waals surface area contributed by atoms with Gasteiger partial charge in [0.2, 0.25) is 0 Å². The fourth-order valence-corrected chi connectivity index (χ4v) is 2.44. The van der Waals surface area contributed by atoms with Gasteiger partial charge in [-0.25, -0.2) is 4.98 Å². The van der Waals surface area contributed by atoms with Gasteiger partial charge < -0.3 is 10.6 Å². The zero-order valence-electron chi connectivity index (χ0n) is 12.9. The number of hydrogen-bond acceptors (Lipinski definition) is 4. The zero-order chi connectivity index (χ0) is 15.6. The predicted octanol–water partition coefficient (Wildman–Crippen LogP) is 3.35. The standard InChI is InChI=1S/C17H20N4/c1-11-8-12(2)20-17(16(11)10-18)21(4)13(3)14-6-5-7-15(19)9-14/h5-9,13H,19H2,1-4H3. The van der Waals surface area contributed by atoms with Gasteiger partial charge in [-0.1, -0.05) is 12.1 Å². The van der Waals surface area contributed by atoms with Crippen molar-refractivity contribution >= 4 is 11.5 Å². The Bertz CT molecular complexity index is 700. The molecule has 0 bridgehead atoms. The molecule has 0 saturated heterocycles. The summed E-state index contributed by atoms with van der Waals surface area (Å²) in [6.45, 7) is 5.96.